The molecule has 1 saturated heterocycles. The van der Waals surface area contributed by atoms with E-state index in [2.05, 4.69) is 29.0 Å². The molecule has 0 radical (unpaired) electrons. The minimum Gasteiger partial charge on any atom is -0.335 e. The van der Waals surface area contributed by atoms with E-state index in [1.165, 1.54) is 5.57 Å². The maximum Gasteiger partial charge on any atom is 0.315 e. The predicted octanol–water partition coefficient (Wildman–Crippen LogP) is 1.49. The van der Waals surface area contributed by atoms with E-state index < -0.39 is 0 Å². The second-order valence-electron chi connectivity index (χ2n) is 5.40. The van der Waals surface area contributed by atoms with Crippen LogP contribution in [0.3, 0.4) is 0 Å². The predicted molar refractivity (Wildman–Crippen MR) is 69.0 cm³/mol. The fraction of sp³-hybridized carbons (Fsp3) is 0.769. The first-order valence-corrected chi connectivity index (χ1v) is 6.57. The Morgan fingerprint density at radius 3 is 2.18 bits per heavy atom. The lowest BCUT2D eigenvalue weighted by molar-refractivity contribution is 0.201. The van der Waals surface area contributed by atoms with Crippen LogP contribution in [0.4, 0.5) is 4.79 Å². The maximum atomic E-state index is 11.6. The van der Waals surface area contributed by atoms with Crippen LogP contribution in [0.25, 0.3) is 0 Å². The van der Waals surface area contributed by atoms with Crippen LogP contribution in [0.1, 0.15) is 32.6 Å². The van der Waals surface area contributed by atoms with Gasteiger partial charge in [-0.1, -0.05) is 12.2 Å². The smallest absolute Gasteiger partial charge is 0.315 e. The van der Waals surface area contributed by atoms with Gasteiger partial charge in [0.2, 0.25) is 0 Å². The highest BCUT2D eigenvalue weighted by molar-refractivity contribution is 5.74. The second-order valence-corrected chi connectivity index (χ2v) is 5.40. The zero-order valence-corrected chi connectivity index (χ0v) is 10.7. The van der Waals surface area contributed by atoms with Crippen molar-refractivity contribution in [3.63, 3.8) is 0 Å². The number of rotatable bonds is 4. The van der Waals surface area contributed by atoms with Gasteiger partial charge in [0.05, 0.1) is 0 Å². The Morgan fingerprint density at radius 1 is 1.18 bits per heavy atom. The first-order valence-electron chi connectivity index (χ1n) is 6.57. The van der Waals surface area contributed by atoms with E-state index in [0.717, 1.165) is 45.3 Å². The molecule has 1 aliphatic carbocycles. The topological polar surface area (TPSA) is 44.4 Å². The molecule has 2 aliphatic rings. The number of likely N-dealkylation sites (tertiary alicyclic amines) is 1. The Bertz CT molecular complexity index is 291. The highest BCUT2D eigenvalue weighted by Gasteiger charge is 2.25. The van der Waals surface area contributed by atoms with E-state index in [4.69, 9.17) is 0 Å². The summed E-state index contributed by atoms with van der Waals surface area (Å²) in [5, 5.41) is 6.03. The summed E-state index contributed by atoms with van der Waals surface area (Å²) < 4.78 is 0. The van der Waals surface area contributed by atoms with Gasteiger partial charge in [-0.3, -0.25) is 4.90 Å². The van der Waals surface area contributed by atoms with Crippen LogP contribution in [0.2, 0.25) is 0 Å². The number of urea groups is 1. The van der Waals surface area contributed by atoms with Crippen LogP contribution in [0, 0.1) is 0 Å². The van der Waals surface area contributed by atoms with Gasteiger partial charge in [-0.15, -0.1) is 0 Å². The monoisotopic (exact) mass is 237 g/mol. The molecule has 1 saturated carbocycles. The van der Waals surface area contributed by atoms with Crippen LogP contribution >= 0.6 is 0 Å². The average molecular weight is 237 g/mol. The fourth-order valence-corrected chi connectivity index (χ4v) is 2.26. The van der Waals surface area contributed by atoms with Crippen LogP contribution < -0.4 is 10.6 Å². The number of piperidine rings is 1. The Kier molecular flexibility index (Phi) is 4.05. The van der Waals surface area contributed by atoms with Crippen molar-refractivity contribution in [3.8, 4) is 0 Å². The zero-order valence-electron chi connectivity index (χ0n) is 10.7. The number of hydrogen-bond donors (Lipinski definition) is 2. The number of hydrogen-bond acceptors (Lipinski definition) is 2. The van der Waals surface area contributed by atoms with Gasteiger partial charge in [-0.05, 0) is 32.6 Å². The minimum atomic E-state index is 0.0193. The summed E-state index contributed by atoms with van der Waals surface area (Å²) >= 11 is 0. The van der Waals surface area contributed by atoms with Crippen molar-refractivity contribution in [1.82, 2.24) is 15.5 Å². The summed E-state index contributed by atoms with van der Waals surface area (Å²) in [7, 11) is 0. The molecule has 4 heteroatoms. The molecule has 17 heavy (non-hydrogen) atoms. The summed E-state index contributed by atoms with van der Waals surface area (Å²) in [6.45, 7) is 9.10. The summed E-state index contributed by atoms with van der Waals surface area (Å²) in [6.07, 6.45) is 4.38. The third-order valence-electron chi connectivity index (χ3n) is 3.33. The van der Waals surface area contributed by atoms with Crippen molar-refractivity contribution >= 4 is 6.03 Å². The van der Waals surface area contributed by atoms with Gasteiger partial charge in [-0.2, -0.15) is 0 Å². The quantitative estimate of drug-likeness (QED) is 0.728. The van der Waals surface area contributed by atoms with Crippen molar-refractivity contribution in [3.05, 3.63) is 12.2 Å². The maximum absolute atomic E-state index is 11.6. The summed E-state index contributed by atoms with van der Waals surface area (Å²) in [4.78, 5) is 14.0. The molecule has 1 heterocycles. The van der Waals surface area contributed by atoms with Gasteiger partial charge in [-0.25, -0.2) is 4.79 Å². The molecule has 2 amide bonds. The molecule has 0 bridgehead atoms. The molecular formula is C13H23N3O. The first kappa shape index (κ1) is 12.4. The van der Waals surface area contributed by atoms with Gasteiger partial charge in [0, 0.05) is 31.7 Å². The summed E-state index contributed by atoms with van der Waals surface area (Å²) in [5.41, 5.74) is 1.21. The standard InChI is InChI=1S/C13H23N3O/c1-10(2)9-16-7-5-12(6-8-16)15-13(17)14-11-3-4-11/h11-12H,1,3-9H2,2H3,(H2,14,15,17). The number of carbonyl (C=O) groups is 1. The van der Waals surface area contributed by atoms with Crippen LogP contribution in [-0.4, -0.2) is 42.6 Å². The van der Waals surface area contributed by atoms with Gasteiger partial charge in [0.15, 0.2) is 0 Å². The Balaban J connectivity index is 1.64. The van der Waals surface area contributed by atoms with Crippen molar-refractivity contribution in [2.24, 2.45) is 0 Å². The lowest BCUT2D eigenvalue weighted by Gasteiger charge is -2.32. The molecule has 0 aromatic heterocycles. The molecule has 0 aromatic rings. The molecule has 2 rings (SSSR count). The SMILES string of the molecule is C=C(C)CN1CCC(NC(=O)NC2CC2)CC1. The highest BCUT2D eigenvalue weighted by Crippen LogP contribution is 2.18. The number of amides is 2. The molecule has 0 spiro atoms. The minimum absolute atomic E-state index is 0.0193. The van der Waals surface area contributed by atoms with Crippen molar-refractivity contribution in [2.45, 2.75) is 44.7 Å². The molecular weight excluding hydrogens is 214 g/mol. The summed E-state index contributed by atoms with van der Waals surface area (Å²) in [5.74, 6) is 0. The lowest BCUT2D eigenvalue weighted by atomic mass is 10.0. The van der Waals surface area contributed by atoms with Crippen molar-refractivity contribution in [2.75, 3.05) is 19.6 Å². The van der Waals surface area contributed by atoms with E-state index in [0.29, 0.717) is 12.1 Å². The van der Waals surface area contributed by atoms with E-state index in [-0.39, 0.29) is 6.03 Å². The van der Waals surface area contributed by atoms with Gasteiger partial charge >= 0.3 is 6.03 Å². The van der Waals surface area contributed by atoms with Gasteiger partial charge < -0.3 is 10.6 Å². The number of nitrogens with zero attached hydrogens (tertiary/aromatic N) is 1. The Morgan fingerprint density at radius 2 is 1.71 bits per heavy atom. The third kappa shape index (κ3) is 4.38. The molecule has 1 aliphatic heterocycles. The van der Waals surface area contributed by atoms with Crippen LogP contribution in [-0.2, 0) is 0 Å². The fourth-order valence-electron chi connectivity index (χ4n) is 2.26. The van der Waals surface area contributed by atoms with E-state index in [1.807, 2.05) is 0 Å². The van der Waals surface area contributed by atoms with E-state index in [9.17, 15) is 4.79 Å². The summed E-state index contributed by atoms with van der Waals surface area (Å²) in [6, 6.07) is 0.805. The van der Waals surface area contributed by atoms with E-state index in [1.54, 1.807) is 0 Å². The molecule has 2 N–H and O–H groups in total. The van der Waals surface area contributed by atoms with Gasteiger partial charge in [0.25, 0.3) is 0 Å². The van der Waals surface area contributed by atoms with Crippen LogP contribution in [0.5, 0.6) is 0 Å². The van der Waals surface area contributed by atoms with E-state index >= 15 is 0 Å². The molecule has 2 fully saturated rings. The Labute approximate surface area is 103 Å². The van der Waals surface area contributed by atoms with Crippen LogP contribution in [0.15, 0.2) is 12.2 Å². The molecule has 4 nitrogen and oxygen atoms in total. The zero-order chi connectivity index (χ0) is 12.3. The number of nitrogens with one attached hydrogen (secondary N) is 2. The van der Waals surface area contributed by atoms with Crippen molar-refractivity contribution < 1.29 is 4.79 Å². The second kappa shape index (κ2) is 5.54. The normalized spacial score (nSPS) is 22.2. The molecule has 0 unspecified atom stereocenters. The number of carbonyl (C=O) groups excluding carboxylic acids is 1. The Hall–Kier alpha value is -1.03. The highest BCUT2D eigenvalue weighted by atomic mass is 16.2. The van der Waals surface area contributed by atoms with Gasteiger partial charge in [0.1, 0.15) is 0 Å². The lowest BCUT2D eigenvalue weighted by Crippen LogP contribution is -2.48. The average Bonchev–Trinajstić information content (AvgIpc) is 3.04. The molecule has 96 valence electrons. The third-order valence-corrected chi connectivity index (χ3v) is 3.33. The van der Waals surface area contributed by atoms with Crippen molar-refractivity contribution in [1.29, 1.82) is 0 Å². The molecule has 0 aromatic carbocycles. The first-order chi connectivity index (χ1) is 8.13. The molecule has 0 atom stereocenters. The largest absolute Gasteiger partial charge is 0.335 e.